The Bertz CT molecular complexity index is 1280. The van der Waals surface area contributed by atoms with Crippen molar-refractivity contribution in [2.24, 2.45) is 0 Å². The molecule has 1 aliphatic heterocycles. The quantitative estimate of drug-likeness (QED) is 0.280. The molecule has 0 amide bonds. The van der Waals surface area contributed by atoms with E-state index in [-0.39, 0.29) is 11.3 Å². The predicted molar refractivity (Wildman–Crippen MR) is 163 cm³/mol. The van der Waals surface area contributed by atoms with Crippen LogP contribution in [-0.4, -0.2) is 47.4 Å². The van der Waals surface area contributed by atoms with E-state index in [1.807, 2.05) is 24.6 Å². The number of halogens is 2. The zero-order valence-electron chi connectivity index (χ0n) is 25.0. The Hall–Kier alpha value is -3.01. The average Bonchev–Trinajstić information content (AvgIpc) is 3.51. The largest absolute Gasteiger partial charge is 0.496 e. The fourth-order valence-corrected chi connectivity index (χ4v) is 4.98. The number of carbonyl (C=O) groups is 1. The van der Waals surface area contributed by atoms with Gasteiger partial charge in [0.05, 0.1) is 12.8 Å². The maximum absolute atomic E-state index is 12.9. The van der Waals surface area contributed by atoms with Gasteiger partial charge in [-0.25, -0.2) is 4.79 Å². The summed E-state index contributed by atoms with van der Waals surface area (Å²) in [5.41, 5.74) is 3.99. The Kier molecular flexibility index (Phi) is 12.1. The van der Waals surface area contributed by atoms with Crippen LogP contribution in [0, 0.1) is 0 Å². The van der Waals surface area contributed by atoms with E-state index in [0.29, 0.717) is 36.3 Å². The van der Waals surface area contributed by atoms with Crippen molar-refractivity contribution in [3.05, 3.63) is 58.6 Å². The molecule has 9 heteroatoms. The summed E-state index contributed by atoms with van der Waals surface area (Å²) in [6.07, 6.45) is -0.451. The summed E-state index contributed by atoms with van der Waals surface area (Å²) in [5.74, 6) is -0.636. The van der Waals surface area contributed by atoms with Gasteiger partial charge >= 0.3 is 5.97 Å². The molecule has 0 atom stereocenters. The van der Waals surface area contributed by atoms with Gasteiger partial charge in [-0.3, -0.25) is 0 Å². The van der Waals surface area contributed by atoms with Crippen molar-refractivity contribution in [2.45, 2.75) is 79.1 Å². The number of nitrogens with one attached hydrogen (secondary N) is 2. The standard InChI is InChI=1S/C20H15F2NO3S.C6H15N.C5H13N/c1-26-16-8-11-4-5-23-15(20(24)25)10-14(17-3-2-6-27-17)19(23)13(11)7-12(16)9-18(21)22;1-5(2)7-6(3)4;1-5(2,3)6-4/h2-3,6-10H,4-5H2,1H3,(H,24,25);5-7H,1-4H3;6H,1-4H3. The van der Waals surface area contributed by atoms with Crippen LogP contribution in [-0.2, 0) is 13.0 Å². The Labute approximate surface area is 241 Å². The van der Waals surface area contributed by atoms with Gasteiger partial charge < -0.3 is 25.0 Å². The summed E-state index contributed by atoms with van der Waals surface area (Å²) in [7, 11) is 3.40. The Balaban J connectivity index is 0.000000360. The minimum atomic E-state index is -1.82. The molecule has 2 aromatic heterocycles. The summed E-state index contributed by atoms with van der Waals surface area (Å²) in [4.78, 5) is 12.7. The van der Waals surface area contributed by atoms with Crippen LogP contribution in [0.3, 0.4) is 0 Å². The number of carboxylic acids is 1. The van der Waals surface area contributed by atoms with Gasteiger partial charge in [-0.15, -0.1) is 11.3 Å². The van der Waals surface area contributed by atoms with Crippen LogP contribution >= 0.6 is 11.3 Å². The summed E-state index contributed by atoms with van der Waals surface area (Å²) < 4.78 is 32.8. The highest BCUT2D eigenvalue weighted by atomic mass is 32.1. The number of aryl methyl sites for hydroxylation is 1. The highest BCUT2D eigenvalue weighted by molar-refractivity contribution is 7.13. The summed E-state index contributed by atoms with van der Waals surface area (Å²) >= 11 is 1.51. The molecule has 3 aromatic rings. The fraction of sp³-hybridized carbons (Fsp3) is 0.452. The molecular weight excluding hydrogens is 532 g/mol. The summed E-state index contributed by atoms with van der Waals surface area (Å²) in [6.45, 7) is 15.5. The maximum Gasteiger partial charge on any atom is 0.352 e. The molecule has 0 radical (unpaired) electrons. The lowest BCUT2D eigenvalue weighted by Crippen LogP contribution is -2.31. The number of carboxylic acid groups (broad SMARTS) is 1. The molecule has 0 bridgehead atoms. The number of rotatable bonds is 6. The van der Waals surface area contributed by atoms with Gasteiger partial charge in [0.2, 0.25) is 0 Å². The Morgan fingerprint density at radius 2 is 1.75 bits per heavy atom. The molecule has 0 aliphatic carbocycles. The second kappa shape index (κ2) is 14.6. The van der Waals surface area contributed by atoms with Crippen molar-refractivity contribution in [1.29, 1.82) is 0 Å². The van der Waals surface area contributed by atoms with E-state index in [9.17, 15) is 18.7 Å². The molecular formula is C31H43F2N3O3S. The molecule has 0 fully saturated rings. The number of benzene rings is 1. The van der Waals surface area contributed by atoms with Gasteiger partial charge in [-0.1, -0.05) is 33.8 Å². The Morgan fingerprint density at radius 3 is 2.17 bits per heavy atom. The molecule has 3 heterocycles. The normalized spacial score (nSPS) is 12.0. The Morgan fingerprint density at radius 1 is 1.12 bits per heavy atom. The molecule has 0 saturated carbocycles. The molecule has 1 aromatic carbocycles. The number of thiophene rings is 1. The SMILES string of the molecule is CC(C)NC(C)C.CNC(C)(C)C.COc1cc2c(cc1C=C(F)F)-c1c(-c3cccs3)cc(C(=O)O)n1CC2. The van der Waals surface area contributed by atoms with Crippen molar-refractivity contribution in [3.63, 3.8) is 0 Å². The van der Waals surface area contributed by atoms with Crippen molar-refractivity contribution < 1.29 is 23.4 Å². The minimum Gasteiger partial charge on any atom is -0.496 e. The van der Waals surface area contributed by atoms with Gasteiger partial charge in [0.15, 0.2) is 0 Å². The first-order chi connectivity index (χ1) is 18.7. The third-order valence-corrected chi connectivity index (χ3v) is 7.00. The van der Waals surface area contributed by atoms with Crippen LogP contribution in [0.15, 0.2) is 41.8 Å². The maximum atomic E-state index is 12.9. The van der Waals surface area contributed by atoms with Crippen molar-refractivity contribution >= 4 is 23.4 Å². The number of aromatic carboxylic acids is 1. The van der Waals surface area contributed by atoms with E-state index in [1.165, 1.54) is 18.4 Å². The fourth-order valence-electron chi connectivity index (χ4n) is 4.24. The van der Waals surface area contributed by atoms with Gasteiger partial charge in [-0.05, 0) is 69.4 Å². The van der Waals surface area contributed by atoms with E-state index in [2.05, 4.69) is 59.1 Å². The minimum absolute atomic E-state index is 0.198. The van der Waals surface area contributed by atoms with Crippen molar-refractivity contribution in [1.82, 2.24) is 15.2 Å². The van der Waals surface area contributed by atoms with E-state index >= 15 is 0 Å². The number of hydrogen-bond acceptors (Lipinski definition) is 5. The predicted octanol–water partition coefficient (Wildman–Crippen LogP) is 7.78. The van der Waals surface area contributed by atoms with Gasteiger partial charge in [-0.2, -0.15) is 8.78 Å². The van der Waals surface area contributed by atoms with Crippen molar-refractivity contribution in [2.75, 3.05) is 14.2 Å². The highest BCUT2D eigenvalue weighted by Crippen LogP contribution is 2.43. The lowest BCUT2D eigenvalue weighted by atomic mass is 9.93. The molecule has 220 valence electrons. The van der Waals surface area contributed by atoms with E-state index in [0.717, 1.165) is 33.3 Å². The molecule has 0 unspecified atom stereocenters. The van der Waals surface area contributed by atoms with Crippen LogP contribution in [0.5, 0.6) is 5.75 Å². The molecule has 0 saturated heterocycles. The highest BCUT2D eigenvalue weighted by Gasteiger charge is 2.27. The zero-order chi connectivity index (χ0) is 30.2. The molecule has 0 spiro atoms. The summed E-state index contributed by atoms with van der Waals surface area (Å²) in [6, 6.07) is 10.1. The smallest absolute Gasteiger partial charge is 0.352 e. The lowest BCUT2D eigenvalue weighted by molar-refractivity contribution is 0.0685. The summed E-state index contributed by atoms with van der Waals surface area (Å²) in [5, 5.41) is 17.9. The second-order valence-corrected chi connectivity index (χ2v) is 12.1. The molecule has 3 N–H and O–H groups in total. The van der Waals surface area contributed by atoms with Crippen LogP contribution in [0.1, 0.15) is 70.1 Å². The van der Waals surface area contributed by atoms with Gasteiger partial charge in [0, 0.05) is 51.8 Å². The number of nitrogens with zero attached hydrogens (tertiary/aromatic N) is 1. The third-order valence-electron chi connectivity index (χ3n) is 6.10. The number of fused-ring (bicyclic) bond motifs is 3. The first-order valence-corrected chi connectivity index (χ1v) is 14.3. The van der Waals surface area contributed by atoms with Crippen LogP contribution in [0.4, 0.5) is 8.78 Å². The zero-order valence-corrected chi connectivity index (χ0v) is 25.8. The van der Waals surface area contributed by atoms with E-state index in [1.54, 1.807) is 22.8 Å². The lowest BCUT2D eigenvalue weighted by Gasteiger charge is -2.23. The number of hydrogen-bond donors (Lipinski definition) is 3. The molecule has 6 nitrogen and oxygen atoms in total. The van der Waals surface area contributed by atoms with Crippen LogP contribution in [0.25, 0.3) is 27.8 Å². The average molecular weight is 576 g/mol. The van der Waals surface area contributed by atoms with Crippen LogP contribution in [0.2, 0.25) is 0 Å². The molecule has 1 aliphatic rings. The first kappa shape index (κ1) is 33.2. The molecule has 4 rings (SSSR count). The number of aromatic nitrogens is 1. The van der Waals surface area contributed by atoms with Gasteiger partial charge in [0.1, 0.15) is 11.4 Å². The topological polar surface area (TPSA) is 75.5 Å². The number of methoxy groups -OCH3 is 1. The first-order valence-electron chi connectivity index (χ1n) is 13.4. The molecule has 40 heavy (non-hydrogen) atoms. The van der Waals surface area contributed by atoms with Crippen LogP contribution < -0.4 is 15.4 Å². The van der Waals surface area contributed by atoms with Crippen molar-refractivity contribution in [3.8, 4) is 27.4 Å². The third kappa shape index (κ3) is 9.28. The van der Waals surface area contributed by atoms with E-state index < -0.39 is 12.0 Å². The number of ether oxygens (including phenoxy) is 1. The van der Waals surface area contributed by atoms with E-state index in [4.69, 9.17) is 4.74 Å². The second-order valence-electron chi connectivity index (χ2n) is 11.1. The monoisotopic (exact) mass is 575 g/mol. The van der Waals surface area contributed by atoms with Gasteiger partial charge in [0.25, 0.3) is 6.08 Å².